The fourth-order valence-electron chi connectivity index (χ4n) is 2.16. The van der Waals surface area contributed by atoms with E-state index >= 15 is 0 Å². The molecule has 2 aromatic rings. The Bertz CT molecular complexity index is 687. The minimum atomic E-state index is -0.000909. The Kier molecular flexibility index (Phi) is 4.53. The van der Waals surface area contributed by atoms with Gasteiger partial charge < -0.3 is 14.8 Å². The zero-order valence-corrected chi connectivity index (χ0v) is 13.1. The van der Waals surface area contributed by atoms with Gasteiger partial charge in [-0.3, -0.25) is 4.79 Å². The lowest BCUT2D eigenvalue weighted by Crippen LogP contribution is -2.12. The predicted octanol–water partition coefficient (Wildman–Crippen LogP) is 3.84. The largest absolute Gasteiger partial charge is 0.454 e. The van der Waals surface area contributed by atoms with Crippen molar-refractivity contribution >= 4 is 23.4 Å². The van der Waals surface area contributed by atoms with Gasteiger partial charge in [0.15, 0.2) is 11.5 Å². The molecule has 1 aliphatic rings. The molecule has 2 aromatic carbocycles. The van der Waals surface area contributed by atoms with E-state index in [2.05, 4.69) is 30.4 Å². The van der Waals surface area contributed by atoms with Gasteiger partial charge in [-0.15, -0.1) is 11.8 Å². The van der Waals surface area contributed by atoms with Crippen LogP contribution in [0, 0.1) is 6.92 Å². The van der Waals surface area contributed by atoms with Gasteiger partial charge in [-0.1, -0.05) is 17.7 Å². The Labute approximate surface area is 133 Å². The first kappa shape index (κ1) is 14.8. The summed E-state index contributed by atoms with van der Waals surface area (Å²) < 4.78 is 10.5. The summed E-state index contributed by atoms with van der Waals surface area (Å²) in [6, 6.07) is 13.7. The Morgan fingerprint density at radius 3 is 2.91 bits per heavy atom. The van der Waals surface area contributed by atoms with Crippen molar-refractivity contribution in [3.8, 4) is 11.5 Å². The van der Waals surface area contributed by atoms with E-state index in [-0.39, 0.29) is 12.7 Å². The molecule has 0 bridgehead atoms. The molecule has 0 saturated heterocycles. The average molecular weight is 315 g/mol. The highest BCUT2D eigenvalue weighted by Gasteiger charge is 2.14. The van der Waals surface area contributed by atoms with Crippen molar-refractivity contribution in [2.24, 2.45) is 0 Å². The molecule has 0 radical (unpaired) electrons. The standard InChI is InChI=1S/C17H17NO3S/c1-12-3-2-4-14(9-12)22-8-7-17(19)18-13-5-6-15-16(10-13)21-11-20-15/h2-6,9-10H,7-8,11H2,1H3,(H,18,19). The van der Waals surface area contributed by atoms with E-state index in [1.165, 1.54) is 10.5 Å². The predicted molar refractivity (Wildman–Crippen MR) is 87.7 cm³/mol. The maximum absolute atomic E-state index is 12.0. The number of benzene rings is 2. The molecular formula is C17H17NO3S. The van der Waals surface area contributed by atoms with E-state index in [1.54, 1.807) is 23.9 Å². The molecule has 3 rings (SSSR count). The molecule has 1 amide bonds. The first-order valence-electron chi connectivity index (χ1n) is 7.10. The van der Waals surface area contributed by atoms with Crippen LogP contribution in [0.1, 0.15) is 12.0 Å². The third kappa shape index (κ3) is 3.74. The molecular weight excluding hydrogens is 298 g/mol. The number of fused-ring (bicyclic) bond motifs is 1. The van der Waals surface area contributed by atoms with Gasteiger partial charge in [0.2, 0.25) is 12.7 Å². The monoisotopic (exact) mass is 315 g/mol. The average Bonchev–Trinajstić information content (AvgIpc) is 2.95. The smallest absolute Gasteiger partial charge is 0.231 e. The number of nitrogens with one attached hydrogen (secondary N) is 1. The summed E-state index contributed by atoms with van der Waals surface area (Å²) in [6.45, 7) is 2.30. The van der Waals surface area contributed by atoms with E-state index in [0.717, 1.165) is 11.4 Å². The Balaban J connectivity index is 1.48. The van der Waals surface area contributed by atoms with Crippen molar-refractivity contribution in [1.29, 1.82) is 0 Å². The minimum Gasteiger partial charge on any atom is -0.454 e. The van der Waals surface area contributed by atoms with Crippen LogP contribution in [-0.2, 0) is 4.79 Å². The van der Waals surface area contributed by atoms with Crippen molar-refractivity contribution in [3.63, 3.8) is 0 Å². The number of thioether (sulfide) groups is 1. The SMILES string of the molecule is Cc1cccc(SCCC(=O)Nc2ccc3c(c2)OCO3)c1. The molecule has 0 unspecified atom stereocenters. The molecule has 0 atom stereocenters. The van der Waals surface area contributed by atoms with Crippen LogP contribution in [0.15, 0.2) is 47.4 Å². The summed E-state index contributed by atoms with van der Waals surface area (Å²) in [4.78, 5) is 13.2. The van der Waals surface area contributed by atoms with Crippen LogP contribution in [0.5, 0.6) is 11.5 Å². The normalized spacial score (nSPS) is 12.2. The highest BCUT2D eigenvalue weighted by atomic mass is 32.2. The lowest BCUT2D eigenvalue weighted by atomic mass is 10.2. The second kappa shape index (κ2) is 6.75. The van der Waals surface area contributed by atoms with Gasteiger partial charge in [-0.2, -0.15) is 0 Å². The van der Waals surface area contributed by atoms with Crippen molar-refractivity contribution in [3.05, 3.63) is 48.0 Å². The molecule has 5 heteroatoms. The fraction of sp³-hybridized carbons (Fsp3) is 0.235. The van der Waals surface area contributed by atoms with Crippen molar-refractivity contribution in [1.82, 2.24) is 0 Å². The van der Waals surface area contributed by atoms with Gasteiger partial charge in [0, 0.05) is 28.8 Å². The van der Waals surface area contributed by atoms with Gasteiger partial charge in [0.1, 0.15) is 0 Å². The lowest BCUT2D eigenvalue weighted by Gasteiger charge is -2.06. The molecule has 1 heterocycles. The third-order valence-electron chi connectivity index (χ3n) is 3.24. The Morgan fingerprint density at radius 2 is 2.05 bits per heavy atom. The second-order valence-corrected chi connectivity index (χ2v) is 6.20. The summed E-state index contributed by atoms with van der Waals surface area (Å²) >= 11 is 1.69. The lowest BCUT2D eigenvalue weighted by molar-refractivity contribution is -0.115. The minimum absolute atomic E-state index is 0.000909. The molecule has 1 aliphatic heterocycles. The number of amides is 1. The summed E-state index contributed by atoms with van der Waals surface area (Å²) in [5.41, 5.74) is 1.96. The number of rotatable bonds is 5. The number of carbonyl (C=O) groups is 1. The number of anilines is 1. The van der Waals surface area contributed by atoms with Crippen LogP contribution < -0.4 is 14.8 Å². The van der Waals surface area contributed by atoms with Crippen LogP contribution in [0.4, 0.5) is 5.69 Å². The summed E-state index contributed by atoms with van der Waals surface area (Å²) in [5, 5.41) is 2.88. The number of ether oxygens (including phenoxy) is 2. The third-order valence-corrected chi connectivity index (χ3v) is 4.24. The summed E-state index contributed by atoms with van der Waals surface area (Å²) in [7, 11) is 0. The maximum Gasteiger partial charge on any atom is 0.231 e. The number of carbonyl (C=O) groups excluding carboxylic acids is 1. The number of hydrogen-bond donors (Lipinski definition) is 1. The maximum atomic E-state index is 12.0. The first-order chi connectivity index (χ1) is 10.7. The zero-order chi connectivity index (χ0) is 15.4. The second-order valence-electron chi connectivity index (χ2n) is 5.03. The number of aryl methyl sites for hydroxylation is 1. The van der Waals surface area contributed by atoms with E-state index in [4.69, 9.17) is 9.47 Å². The first-order valence-corrected chi connectivity index (χ1v) is 8.08. The van der Waals surface area contributed by atoms with Gasteiger partial charge in [0.25, 0.3) is 0 Å². The highest BCUT2D eigenvalue weighted by molar-refractivity contribution is 7.99. The van der Waals surface area contributed by atoms with Crippen LogP contribution in [-0.4, -0.2) is 18.5 Å². The number of hydrogen-bond acceptors (Lipinski definition) is 4. The fourth-order valence-corrected chi connectivity index (χ4v) is 3.13. The topological polar surface area (TPSA) is 47.6 Å². The molecule has 0 aromatic heterocycles. The van der Waals surface area contributed by atoms with Crippen LogP contribution in [0.3, 0.4) is 0 Å². The molecule has 22 heavy (non-hydrogen) atoms. The zero-order valence-electron chi connectivity index (χ0n) is 12.3. The van der Waals surface area contributed by atoms with Crippen LogP contribution in [0.25, 0.3) is 0 Å². The van der Waals surface area contributed by atoms with Crippen molar-refractivity contribution < 1.29 is 14.3 Å². The molecule has 4 nitrogen and oxygen atoms in total. The van der Waals surface area contributed by atoms with E-state index in [1.807, 2.05) is 12.1 Å². The molecule has 0 aliphatic carbocycles. The Hall–Kier alpha value is -2.14. The molecule has 0 saturated carbocycles. The molecule has 1 N–H and O–H groups in total. The highest BCUT2D eigenvalue weighted by Crippen LogP contribution is 2.34. The quantitative estimate of drug-likeness (QED) is 0.852. The summed E-state index contributed by atoms with van der Waals surface area (Å²) in [5.74, 6) is 2.14. The van der Waals surface area contributed by atoms with Crippen LogP contribution >= 0.6 is 11.8 Å². The van der Waals surface area contributed by atoms with Crippen LogP contribution in [0.2, 0.25) is 0 Å². The van der Waals surface area contributed by atoms with Gasteiger partial charge >= 0.3 is 0 Å². The molecule has 0 spiro atoms. The van der Waals surface area contributed by atoms with E-state index in [9.17, 15) is 4.79 Å². The van der Waals surface area contributed by atoms with Crippen molar-refractivity contribution in [2.75, 3.05) is 17.9 Å². The van der Waals surface area contributed by atoms with Gasteiger partial charge in [0.05, 0.1) is 0 Å². The van der Waals surface area contributed by atoms with Crippen molar-refractivity contribution in [2.45, 2.75) is 18.2 Å². The molecule has 114 valence electrons. The Morgan fingerprint density at radius 1 is 1.18 bits per heavy atom. The van der Waals surface area contributed by atoms with E-state index in [0.29, 0.717) is 17.9 Å². The summed E-state index contributed by atoms with van der Waals surface area (Å²) in [6.07, 6.45) is 0.465. The van der Waals surface area contributed by atoms with E-state index < -0.39 is 0 Å². The van der Waals surface area contributed by atoms with Gasteiger partial charge in [-0.25, -0.2) is 0 Å². The van der Waals surface area contributed by atoms with Gasteiger partial charge in [-0.05, 0) is 31.2 Å². The molecule has 0 fully saturated rings.